The summed E-state index contributed by atoms with van der Waals surface area (Å²) in [5.41, 5.74) is 0.602. The quantitative estimate of drug-likeness (QED) is 0.661. The van der Waals surface area contributed by atoms with E-state index in [1.54, 1.807) is 6.92 Å². The molecule has 0 aromatic rings. The van der Waals surface area contributed by atoms with Crippen LogP contribution in [0.5, 0.6) is 0 Å². The van der Waals surface area contributed by atoms with Gasteiger partial charge in [0.15, 0.2) is 12.1 Å². The highest BCUT2D eigenvalue weighted by atomic mass is 35.6. The topological polar surface area (TPSA) is 65.1 Å². The van der Waals surface area contributed by atoms with E-state index in [4.69, 9.17) is 49.0 Å². The Bertz CT molecular complexity index is 500. The molecule has 1 saturated heterocycles. The number of carbonyl (C=O) groups is 2. The van der Waals surface area contributed by atoms with Crippen LogP contribution in [0.2, 0.25) is 0 Å². The molecule has 1 amide bonds. The van der Waals surface area contributed by atoms with E-state index in [0.29, 0.717) is 38.2 Å². The number of hydrogen-bond acceptors (Lipinski definition) is 5. The van der Waals surface area contributed by atoms with Crippen LogP contribution in [-0.4, -0.2) is 53.2 Å². The number of halogens is 3. The summed E-state index contributed by atoms with van der Waals surface area (Å²) in [4.78, 5) is 25.6. The molecule has 1 atom stereocenters. The number of amides is 1. The van der Waals surface area contributed by atoms with Crippen LogP contribution in [0.4, 0.5) is 4.79 Å². The second-order valence-corrected chi connectivity index (χ2v) is 8.30. The van der Waals surface area contributed by atoms with Crippen LogP contribution < -0.4 is 0 Å². The first-order chi connectivity index (χ1) is 11.3. The first-order valence-electron chi connectivity index (χ1n) is 7.75. The molecule has 1 unspecified atom stereocenters. The maximum Gasteiger partial charge on any atom is 0.414 e. The fraction of sp³-hybridized carbons (Fsp3) is 0.733. The summed E-state index contributed by atoms with van der Waals surface area (Å²) in [6, 6.07) is 0. The molecule has 136 valence electrons. The average molecular weight is 401 g/mol. The number of ether oxygens (including phenoxy) is 3. The third-order valence-corrected chi connectivity index (χ3v) is 4.07. The highest BCUT2D eigenvalue weighted by molar-refractivity contribution is 6.67. The lowest BCUT2D eigenvalue weighted by molar-refractivity contribution is -0.118. The van der Waals surface area contributed by atoms with Gasteiger partial charge in [0.1, 0.15) is 6.61 Å². The summed E-state index contributed by atoms with van der Waals surface area (Å²) in [5, 5.41) is 0. The number of ketones is 1. The zero-order chi connectivity index (χ0) is 17.7. The summed E-state index contributed by atoms with van der Waals surface area (Å²) in [7, 11) is 0. The Balaban J connectivity index is 1.93. The summed E-state index contributed by atoms with van der Waals surface area (Å²) in [5.74, 6) is -0.306. The summed E-state index contributed by atoms with van der Waals surface area (Å²) in [6.45, 7) is 2.84. The van der Waals surface area contributed by atoms with Crippen molar-refractivity contribution < 1.29 is 23.8 Å². The number of rotatable bonds is 5. The van der Waals surface area contributed by atoms with Gasteiger partial charge in [-0.05, 0) is 19.3 Å². The number of allylic oxidation sites excluding steroid dienone is 2. The van der Waals surface area contributed by atoms with Crippen LogP contribution in [0.3, 0.4) is 0 Å². The summed E-state index contributed by atoms with van der Waals surface area (Å²) >= 11 is 16.8. The van der Waals surface area contributed by atoms with Gasteiger partial charge in [0.2, 0.25) is 3.79 Å². The Morgan fingerprint density at radius 1 is 1.38 bits per heavy atom. The average Bonchev–Trinajstić information content (AvgIpc) is 3.00. The summed E-state index contributed by atoms with van der Waals surface area (Å²) in [6.07, 6.45) is 2.59. The molecule has 2 rings (SSSR count). The molecule has 0 radical (unpaired) electrons. The Morgan fingerprint density at radius 3 is 2.67 bits per heavy atom. The lowest BCUT2D eigenvalue weighted by Gasteiger charge is -2.31. The molecule has 9 heteroatoms. The molecule has 0 aliphatic carbocycles. The fourth-order valence-electron chi connectivity index (χ4n) is 2.51. The van der Waals surface area contributed by atoms with E-state index in [2.05, 4.69) is 0 Å². The van der Waals surface area contributed by atoms with Gasteiger partial charge in [0.25, 0.3) is 0 Å². The lowest BCUT2D eigenvalue weighted by atomic mass is 9.98. The molecule has 2 aliphatic heterocycles. The normalized spacial score (nSPS) is 22.7. The number of hydrogen-bond donors (Lipinski definition) is 0. The van der Waals surface area contributed by atoms with Gasteiger partial charge in [-0.15, -0.1) is 0 Å². The monoisotopic (exact) mass is 399 g/mol. The molecule has 0 aromatic heterocycles. The molecule has 2 aliphatic rings. The van der Waals surface area contributed by atoms with Crippen molar-refractivity contribution in [3.8, 4) is 0 Å². The lowest BCUT2D eigenvalue weighted by Crippen LogP contribution is -2.41. The van der Waals surface area contributed by atoms with Gasteiger partial charge in [-0.3, -0.25) is 9.69 Å². The van der Waals surface area contributed by atoms with Gasteiger partial charge in [-0.1, -0.05) is 41.7 Å². The standard InChI is InChI=1S/C15H20Cl3NO5/c1-10-8-19(14(21)24-9-15(16,17)18)11(7-12(10)20)3-2-4-13-22-5-6-23-13/h7,10,13H,2-6,8-9H2,1H3. The third-order valence-electron chi connectivity index (χ3n) is 3.74. The molecule has 1 fully saturated rings. The van der Waals surface area contributed by atoms with Crippen molar-refractivity contribution >= 4 is 46.7 Å². The van der Waals surface area contributed by atoms with Gasteiger partial charge in [0.05, 0.1) is 13.2 Å². The van der Waals surface area contributed by atoms with E-state index < -0.39 is 9.89 Å². The second-order valence-electron chi connectivity index (χ2n) is 5.78. The SMILES string of the molecule is CC1CN(C(=O)OCC(Cl)(Cl)Cl)C(CCCC2OCCO2)=CC1=O. The minimum absolute atomic E-state index is 0.0104. The van der Waals surface area contributed by atoms with Crippen LogP contribution >= 0.6 is 34.8 Å². The smallest absolute Gasteiger partial charge is 0.414 e. The van der Waals surface area contributed by atoms with Crippen LogP contribution in [0.25, 0.3) is 0 Å². The molecule has 6 nitrogen and oxygen atoms in total. The Morgan fingerprint density at radius 2 is 2.04 bits per heavy atom. The van der Waals surface area contributed by atoms with Crippen molar-refractivity contribution in [3.05, 3.63) is 11.8 Å². The van der Waals surface area contributed by atoms with Gasteiger partial charge in [0, 0.05) is 24.2 Å². The van der Waals surface area contributed by atoms with E-state index in [0.717, 1.165) is 0 Å². The highest BCUT2D eigenvalue weighted by Gasteiger charge is 2.31. The zero-order valence-corrected chi connectivity index (χ0v) is 15.6. The van der Waals surface area contributed by atoms with Crippen molar-refractivity contribution in [2.75, 3.05) is 26.4 Å². The molecule has 0 bridgehead atoms. The van der Waals surface area contributed by atoms with E-state index in [1.807, 2.05) is 0 Å². The molecule has 0 saturated carbocycles. The molecular formula is C15H20Cl3NO5. The molecule has 2 heterocycles. The van der Waals surface area contributed by atoms with Crippen molar-refractivity contribution in [2.24, 2.45) is 5.92 Å². The predicted octanol–water partition coefficient (Wildman–Crippen LogP) is 3.44. The van der Waals surface area contributed by atoms with E-state index >= 15 is 0 Å². The number of carbonyl (C=O) groups excluding carboxylic acids is 2. The van der Waals surface area contributed by atoms with Gasteiger partial charge >= 0.3 is 6.09 Å². The van der Waals surface area contributed by atoms with Gasteiger partial charge in [-0.2, -0.15) is 0 Å². The van der Waals surface area contributed by atoms with E-state index in [9.17, 15) is 9.59 Å². The van der Waals surface area contributed by atoms with Crippen molar-refractivity contribution in [3.63, 3.8) is 0 Å². The number of nitrogens with zero attached hydrogens (tertiary/aromatic N) is 1. The first-order valence-corrected chi connectivity index (χ1v) is 8.88. The molecule has 0 aromatic carbocycles. The van der Waals surface area contributed by atoms with Crippen LogP contribution in [0.15, 0.2) is 11.8 Å². The van der Waals surface area contributed by atoms with Crippen molar-refractivity contribution in [2.45, 2.75) is 36.3 Å². The Hall–Kier alpha value is -0.530. The second kappa shape index (κ2) is 8.72. The van der Waals surface area contributed by atoms with Crippen LogP contribution in [0, 0.1) is 5.92 Å². The fourth-order valence-corrected chi connectivity index (χ4v) is 2.67. The Kier molecular flexibility index (Phi) is 7.19. The highest BCUT2D eigenvalue weighted by Crippen LogP contribution is 2.28. The minimum atomic E-state index is -1.67. The molecule has 0 spiro atoms. The Labute approximate surface area is 155 Å². The largest absolute Gasteiger partial charge is 0.445 e. The molecule has 24 heavy (non-hydrogen) atoms. The van der Waals surface area contributed by atoms with Gasteiger partial charge in [-0.25, -0.2) is 4.79 Å². The molecule has 0 N–H and O–H groups in total. The third kappa shape index (κ3) is 6.08. The van der Waals surface area contributed by atoms with E-state index in [1.165, 1.54) is 11.0 Å². The first kappa shape index (κ1) is 19.8. The maximum absolute atomic E-state index is 12.3. The minimum Gasteiger partial charge on any atom is -0.445 e. The van der Waals surface area contributed by atoms with Crippen molar-refractivity contribution in [1.29, 1.82) is 0 Å². The van der Waals surface area contributed by atoms with Crippen molar-refractivity contribution in [1.82, 2.24) is 4.90 Å². The maximum atomic E-state index is 12.3. The number of alkyl halides is 3. The predicted molar refractivity (Wildman–Crippen MR) is 90.1 cm³/mol. The van der Waals surface area contributed by atoms with E-state index in [-0.39, 0.29) is 31.1 Å². The van der Waals surface area contributed by atoms with Crippen LogP contribution in [0.1, 0.15) is 26.2 Å². The van der Waals surface area contributed by atoms with Gasteiger partial charge < -0.3 is 14.2 Å². The zero-order valence-electron chi connectivity index (χ0n) is 13.3. The summed E-state index contributed by atoms with van der Waals surface area (Å²) < 4.78 is 14.1. The molecular weight excluding hydrogens is 381 g/mol. The van der Waals surface area contributed by atoms with Crippen LogP contribution in [-0.2, 0) is 19.0 Å².